The number of carbonyl (C=O) groups is 2. The fourth-order valence-electron chi connectivity index (χ4n) is 1.06. The summed E-state index contributed by atoms with van der Waals surface area (Å²) in [6.07, 6.45) is 1.09. The predicted molar refractivity (Wildman–Crippen MR) is 57.0 cm³/mol. The Labute approximate surface area is 88.2 Å². The van der Waals surface area contributed by atoms with E-state index >= 15 is 0 Å². The third-order valence-corrected chi connectivity index (χ3v) is 1.86. The molecule has 1 amide bonds. The quantitative estimate of drug-likeness (QED) is 0.744. The number of carbonyl (C=O) groups excluding carboxylic acids is 2. The molecule has 1 aromatic rings. The van der Waals surface area contributed by atoms with Gasteiger partial charge in [0.15, 0.2) is 0 Å². The first-order valence-electron chi connectivity index (χ1n) is 4.60. The standard InChI is InChI=1S/C11H13NO3/c1-15-7-6-11(14)12-10-4-2-9(8-13)3-5-10/h2-5,8H,6-7H2,1H3,(H,12,14). The molecule has 0 aliphatic heterocycles. The topological polar surface area (TPSA) is 55.4 Å². The lowest BCUT2D eigenvalue weighted by molar-refractivity contribution is -0.117. The summed E-state index contributed by atoms with van der Waals surface area (Å²) < 4.78 is 4.78. The Kier molecular flexibility index (Phi) is 4.50. The highest BCUT2D eigenvalue weighted by Gasteiger charge is 2.01. The summed E-state index contributed by atoms with van der Waals surface area (Å²) in [6.45, 7) is 0.401. The molecule has 0 aromatic heterocycles. The number of hydrogen-bond donors (Lipinski definition) is 1. The SMILES string of the molecule is COCCC(=O)Nc1ccc(C=O)cc1. The van der Waals surface area contributed by atoms with Crippen LogP contribution in [0, 0.1) is 0 Å². The average Bonchev–Trinajstić information content (AvgIpc) is 2.27. The number of nitrogens with one attached hydrogen (secondary N) is 1. The van der Waals surface area contributed by atoms with Gasteiger partial charge in [-0.15, -0.1) is 0 Å². The number of aldehydes is 1. The summed E-state index contributed by atoms with van der Waals surface area (Å²) in [5, 5.41) is 2.69. The number of anilines is 1. The molecular formula is C11H13NO3. The van der Waals surface area contributed by atoms with Crippen molar-refractivity contribution in [1.82, 2.24) is 0 Å². The first-order chi connectivity index (χ1) is 7.26. The first-order valence-corrected chi connectivity index (χ1v) is 4.60. The van der Waals surface area contributed by atoms with E-state index in [2.05, 4.69) is 5.32 Å². The zero-order valence-electron chi connectivity index (χ0n) is 8.53. The summed E-state index contributed by atoms with van der Waals surface area (Å²) in [5.74, 6) is -0.101. The molecule has 0 fully saturated rings. The van der Waals surface area contributed by atoms with Gasteiger partial charge in [-0.3, -0.25) is 9.59 Å². The van der Waals surface area contributed by atoms with E-state index in [1.807, 2.05) is 0 Å². The molecule has 0 heterocycles. The molecule has 4 heteroatoms. The van der Waals surface area contributed by atoms with Crippen molar-refractivity contribution in [2.24, 2.45) is 0 Å². The second kappa shape index (κ2) is 5.93. The van der Waals surface area contributed by atoms with Crippen LogP contribution in [-0.4, -0.2) is 25.9 Å². The van der Waals surface area contributed by atoms with Crippen LogP contribution in [0.25, 0.3) is 0 Å². The molecule has 0 aliphatic carbocycles. The first kappa shape index (κ1) is 11.4. The van der Waals surface area contributed by atoms with E-state index in [0.717, 1.165) is 6.29 Å². The second-order valence-electron chi connectivity index (χ2n) is 3.03. The molecule has 80 valence electrons. The highest BCUT2D eigenvalue weighted by molar-refractivity contribution is 5.91. The minimum Gasteiger partial charge on any atom is -0.384 e. The van der Waals surface area contributed by atoms with Crippen LogP contribution in [0.2, 0.25) is 0 Å². The average molecular weight is 207 g/mol. The van der Waals surface area contributed by atoms with Crippen molar-refractivity contribution in [1.29, 1.82) is 0 Å². The normalized spacial score (nSPS) is 9.67. The van der Waals surface area contributed by atoms with Gasteiger partial charge in [0.1, 0.15) is 6.29 Å². The molecule has 0 spiro atoms. The summed E-state index contributed by atoms with van der Waals surface area (Å²) in [7, 11) is 1.55. The summed E-state index contributed by atoms with van der Waals surface area (Å²) in [5.41, 5.74) is 1.27. The van der Waals surface area contributed by atoms with Crippen molar-refractivity contribution >= 4 is 17.9 Å². The van der Waals surface area contributed by atoms with Crippen LogP contribution in [0.5, 0.6) is 0 Å². The van der Waals surface area contributed by atoms with Crippen LogP contribution >= 0.6 is 0 Å². The third-order valence-electron chi connectivity index (χ3n) is 1.86. The minimum absolute atomic E-state index is 0.101. The van der Waals surface area contributed by atoms with Crippen LogP contribution in [0.1, 0.15) is 16.8 Å². The Morgan fingerprint density at radius 3 is 2.60 bits per heavy atom. The van der Waals surface area contributed by atoms with Gasteiger partial charge >= 0.3 is 0 Å². The van der Waals surface area contributed by atoms with E-state index in [9.17, 15) is 9.59 Å². The molecule has 4 nitrogen and oxygen atoms in total. The number of rotatable bonds is 5. The fourth-order valence-corrected chi connectivity index (χ4v) is 1.06. The fraction of sp³-hybridized carbons (Fsp3) is 0.273. The predicted octanol–water partition coefficient (Wildman–Crippen LogP) is 1.47. The maximum absolute atomic E-state index is 11.3. The summed E-state index contributed by atoms with van der Waals surface area (Å²) in [4.78, 5) is 21.6. The lowest BCUT2D eigenvalue weighted by Gasteiger charge is -2.04. The van der Waals surface area contributed by atoms with E-state index in [4.69, 9.17) is 4.74 Å². The molecule has 1 aromatic carbocycles. The highest BCUT2D eigenvalue weighted by atomic mass is 16.5. The van der Waals surface area contributed by atoms with Gasteiger partial charge in [0.25, 0.3) is 0 Å². The van der Waals surface area contributed by atoms with Crippen molar-refractivity contribution < 1.29 is 14.3 Å². The lowest BCUT2D eigenvalue weighted by Crippen LogP contribution is -2.13. The van der Waals surface area contributed by atoms with Crippen LogP contribution in [0.4, 0.5) is 5.69 Å². The van der Waals surface area contributed by atoms with Crippen molar-refractivity contribution in [3.8, 4) is 0 Å². The highest BCUT2D eigenvalue weighted by Crippen LogP contribution is 2.08. The van der Waals surface area contributed by atoms with Gasteiger partial charge in [0, 0.05) is 18.4 Å². The van der Waals surface area contributed by atoms with Crippen molar-refractivity contribution in [2.45, 2.75) is 6.42 Å². The Balaban J connectivity index is 2.49. The molecule has 15 heavy (non-hydrogen) atoms. The smallest absolute Gasteiger partial charge is 0.226 e. The minimum atomic E-state index is -0.101. The number of amides is 1. The summed E-state index contributed by atoms with van der Waals surface area (Å²) in [6, 6.07) is 6.68. The van der Waals surface area contributed by atoms with E-state index in [0.29, 0.717) is 24.3 Å². The lowest BCUT2D eigenvalue weighted by atomic mass is 10.2. The molecule has 0 bridgehead atoms. The van der Waals surface area contributed by atoms with E-state index in [1.54, 1.807) is 31.4 Å². The molecule has 0 aliphatic rings. The molecule has 0 atom stereocenters. The Morgan fingerprint density at radius 1 is 1.40 bits per heavy atom. The largest absolute Gasteiger partial charge is 0.384 e. The Hall–Kier alpha value is -1.68. The third kappa shape index (κ3) is 3.91. The van der Waals surface area contributed by atoms with Gasteiger partial charge in [-0.1, -0.05) is 0 Å². The summed E-state index contributed by atoms with van der Waals surface area (Å²) >= 11 is 0. The van der Waals surface area contributed by atoms with Gasteiger partial charge < -0.3 is 10.1 Å². The van der Waals surface area contributed by atoms with Gasteiger partial charge in [-0.05, 0) is 24.3 Å². The van der Waals surface area contributed by atoms with Gasteiger partial charge in [0.05, 0.1) is 13.0 Å². The van der Waals surface area contributed by atoms with Gasteiger partial charge in [-0.2, -0.15) is 0 Å². The molecular weight excluding hydrogens is 194 g/mol. The Bertz CT molecular complexity index is 332. The number of benzene rings is 1. The molecule has 0 unspecified atom stereocenters. The van der Waals surface area contributed by atoms with Crippen LogP contribution in [-0.2, 0) is 9.53 Å². The zero-order chi connectivity index (χ0) is 11.1. The molecule has 1 N–H and O–H groups in total. The zero-order valence-corrected chi connectivity index (χ0v) is 8.53. The molecule has 0 radical (unpaired) electrons. The molecule has 1 rings (SSSR count). The number of hydrogen-bond acceptors (Lipinski definition) is 3. The van der Waals surface area contributed by atoms with E-state index < -0.39 is 0 Å². The number of ether oxygens (including phenoxy) is 1. The van der Waals surface area contributed by atoms with Crippen molar-refractivity contribution in [3.05, 3.63) is 29.8 Å². The van der Waals surface area contributed by atoms with E-state index in [-0.39, 0.29) is 5.91 Å². The number of methoxy groups -OCH3 is 1. The maximum Gasteiger partial charge on any atom is 0.226 e. The molecule has 0 saturated heterocycles. The Morgan fingerprint density at radius 2 is 2.07 bits per heavy atom. The van der Waals surface area contributed by atoms with Crippen LogP contribution in [0.3, 0.4) is 0 Å². The van der Waals surface area contributed by atoms with Gasteiger partial charge in [-0.25, -0.2) is 0 Å². The second-order valence-corrected chi connectivity index (χ2v) is 3.03. The van der Waals surface area contributed by atoms with E-state index in [1.165, 1.54) is 0 Å². The van der Waals surface area contributed by atoms with Crippen LogP contribution < -0.4 is 5.32 Å². The molecule has 0 saturated carbocycles. The maximum atomic E-state index is 11.3. The monoisotopic (exact) mass is 207 g/mol. The van der Waals surface area contributed by atoms with Gasteiger partial charge in [0.2, 0.25) is 5.91 Å². The van der Waals surface area contributed by atoms with Crippen molar-refractivity contribution in [2.75, 3.05) is 19.0 Å². The van der Waals surface area contributed by atoms with Crippen molar-refractivity contribution in [3.63, 3.8) is 0 Å². The van der Waals surface area contributed by atoms with Crippen LogP contribution in [0.15, 0.2) is 24.3 Å².